The first kappa shape index (κ1) is 64.4. The number of nitrogens with one attached hydrogen (secondary N) is 1. The summed E-state index contributed by atoms with van der Waals surface area (Å²) in [4.78, 5) is 52.5. The highest BCUT2D eigenvalue weighted by Crippen LogP contribution is 2.22. The summed E-state index contributed by atoms with van der Waals surface area (Å²) in [5.41, 5.74) is -0.614. The summed E-state index contributed by atoms with van der Waals surface area (Å²) in [7, 11) is 0. The first-order valence-electron chi connectivity index (χ1n) is 28.8. The fourth-order valence-corrected chi connectivity index (χ4v) is 9.82. The van der Waals surface area contributed by atoms with Crippen LogP contribution >= 0.6 is 11.8 Å². The second-order valence-electron chi connectivity index (χ2n) is 21.0. The fourth-order valence-electron chi connectivity index (χ4n) is 8.79. The lowest BCUT2D eigenvalue weighted by molar-refractivity contribution is -0.157. The van der Waals surface area contributed by atoms with Crippen molar-refractivity contribution in [3.05, 3.63) is 0 Å². The lowest BCUT2D eigenvalue weighted by Gasteiger charge is -2.26. The van der Waals surface area contributed by atoms with Crippen molar-refractivity contribution >= 4 is 35.4 Å². The molecule has 2 atom stereocenters. The van der Waals surface area contributed by atoms with Crippen molar-refractivity contribution in [3.63, 3.8) is 0 Å². The average molecular weight is 951 g/mol. The van der Waals surface area contributed by atoms with Crippen molar-refractivity contribution < 1.29 is 28.7 Å². The Morgan fingerprint density at radius 1 is 0.409 bits per heavy atom. The molecule has 0 aromatic carbocycles. The Morgan fingerprint density at radius 2 is 0.712 bits per heavy atom. The molecule has 0 aromatic rings. The predicted molar refractivity (Wildman–Crippen MR) is 285 cm³/mol. The molecule has 0 aliphatic carbocycles. The van der Waals surface area contributed by atoms with E-state index in [1.165, 1.54) is 204 Å². The Morgan fingerprint density at radius 3 is 1.05 bits per heavy atom. The van der Waals surface area contributed by atoms with E-state index in [0.717, 1.165) is 57.8 Å². The van der Waals surface area contributed by atoms with Gasteiger partial charge in [-0.15, -0.1) is 0 Å². The number of Topliss-reactive ketones (excluding diaryl/α,β-unsaturated/α-hetero) is 1. The van der Waals surface area contributed by atoms with Crippen LogP contribution in [0, 0.1) is 5.41 Å². The van der Waals surface area contributed by atoms with E-state index in [1.54, 1.807) is 0 Å². The van der Waals surface area contributed by atoms with E-state index in [-0.39, 0.29) is 30.2 Å². The van der Waals surface area contributed by atoms with E-state index in [4.69, 9.17) is 9.47 Å². The third-order valence-corrected chi connectivity index (χ3v) is 14.4. The summed E-state index contributed by atoms with van der Waals surface area (Å²) >= 11 is 1.48. The van der Waals surface area contributed by atoms with Crippen LogP contribution in [0.1, 0.15) is 311 Å². The van der Waals surface area contributed by atoms with Gasteiger partial charge in [0, 0.05) is 36.2 Å². The maximum Gasteiger partial charge on any atom is 0.306 e. The number of ether oxygens (including phenoxy) is 2. The molecule has 1 N–H and O–H groups in total. The van der Waals surface area contributed by atoms with Crippen LogP contribution in [0.4, 0.5) is 0 Å². The van der Waals surface area contributed by atoms with E-state index >= 15 is 0 Å². The fraction of sp³-hybridized carbons (Fsp3) is 0.931. The molecular weight excluding hydrogens is 839 g/mol. The molecule has 0 aromatic heterocycles. The van der Waals surface area contributed by atoms with Gasteiger partial charge in [0.25, 0.3) is 0 Å². The maximum absolute atomic E-state index is 13.5. The van der Waals surface area contributed by atoms with Gasteiger partial charge in [0.15, 0.2) is 5.78 Å². The van der Waals surface area contributed by atoms with Gasteiger partial charge < -0.3 is 14.8 Å². The number of carbonyl (C=O) groups excluding carboxylic acids is 4. The van der Waals surface area contributed by atoms with Crippen molar-refractivity contribution in [3.8, 4) is 0 Å². The summed E-state index contributed by atoms with van der Waals surface area (Å²) in [5.74, 6) is 0.170. The summed E-state index contributed by atoms with van der Waals surface area (Å²) < 4.78 is 11.6. The Balaban J connectivity index is 4.87. The van der Waals surface area contributed by atoms with Gasteiger partial charge in [0.1, 0.15) is 12.7 Å². The SMILES string of the molecule is CCCCCCCCCCCCCCCC(=O)N[C@@H](CSC[C@@H](COC(=O)CCCCCCCCCCCCCCC)OC(=O)CCCCCCCCCCCCCCC)C(=O)C(C)(C)C. The molecule has 0 rings (SSSR count). The predicted octanol–water partition coefficient (Wildman–Crippen LogP) is 17.7. The minimum absolute atomic E-state index is 0.00565. The van der Waals surface area contributed by atoms with E-state index in [2.05, 4.69) is 26.1 Å². The minimum atomic E-state index is -0.635. The molecule has 0 spiro atoms. The largest absolute Gasteiger partial charge is 0.462 e. The van der Waals surface area contributed by atoms with Crippen LogP contribution in [0.5, 0.6) is 0 Å². The molecule has 0 aliphatic heterocycles. The number of hydrogen-bond donors (Lipinski definition) is 1. The number of hydrogen-bond acceptors (Lipinski definition) is 7. The van der Waals surface area contributed by atoms with Gasteiger partial charge in [-0.2, -0.15) is 11.8 Å². The van der Waals surface area contributed by atoms with Crippen LogP contribution in [0.15, 0.2) is 0 Å². The zero-order valence-electron chi connectivity index (χ0n) is 44.8. The molecule has 0 bridgehead atoms. The lowest BCUT2D eigenvalue weighted by atomic mass is 9.87. The van der Waals surface area contributed by atoms with Crippen molar-refractivity contribution in [1.29, 1.82) is 0 Å². The van der Waals surface area contributed by atoms with Gasteiger partial charge in [-0.3, -0.25) is 19.2 Å². The first-order valence-corrected chi connectivity index (χ1v) is 30.0. The van der Waals surface area contributed by atoms with E-state index in [9.17, 15) is 19.2 Å². The van der Waals surface area contributed by atoms with Crippen LogP contribution < -0.4 is 5.32 Å². The van der Waals surface area contributed by atoms with Gasteiger partial charge in [0.2, 0.25) is 5.91 Å². The topological polar surface area (TPSA) is 98.8 Å². The monoisotopic (exact) mass is 950 g/mol. The van der Waals surface area contributed by atoms with Gasteiger partial charge >= 0.3 is 11.9 Å². The zero-order chi connectivity index (χ0) is 48.6. The van der Waals surface area contributed by atoms with E-state index in [1.807, 2.05) is 20.8 Å². The average Bonchev–Trinajstić information content (AvgIpc) is 3.29. The molecule has 66 heavy (non-hydrogen) atoms. The number of amides is 1. The molecule has 0 unspecified atom stereocenters. The maximum atomic E-state index is 13.5. The number of unbranched alkanes of at least 4 members (excludes halogenated alkanes) is 36. The molecule has 0 saturated heterocycles. The highest BCUT2D eigenvalue weighted by Gasteiger charge is 2.31. The van der Waals surface area contributed by atoms with Gasteiger partial charge in [-0.25, -0.2) is 0 Å². The molecule has 8 heteroatoms. The Bertz CT molecular complexity index is 1110. The summed E-state index contributed by atoms with van der Waals surface area (Å²) in [6.07, 6.45) is 49.3. The number of carbonyl (C=O) groups is 4. The Hall–Kier alpha value is -1.57. The van der Waals surface area contributed by atoms with Gasteiger partial charge in [-0.05, 0) is 19.3 Å². The quantitative estimate of drug-likeness (QED) is 0.0479. The minimum Gasteiger partial charge on any atom is -0.462 e. The molecule has 390 valence electrons. The zero-order valence-corrected chi connectivity index (χ0v) is 45.6. The first-order chi connectivity index (χ1) is 32.0. The highest BCUT2D eigenvalue weighted by molar-refractivity contribution is 7.99. The summed E-state index contributed by atoms with van der Waals surface area (Å²) in [6.45, 7) is 12.5. The van der Waals surface area contributed by atoms with E-state index < -0.39 is 17.6 Å². The third-order valence-electron chi connectivity index (χ3n) is 13.2. The summed E-state index contributed by atoms with van der Waals surface area (Å²) in [6, 6.07) is -0.635. The number of thioether (sulfide) groups is 1. The molecule has 0 fully saturated rings. The van der Waals surface area contributed by atoms with Crippen molar-refractivity contribution in [2.75, 3.05) is 18.1 Å². The Labute approximate surface area is 414 Å². The van der Waals surface area contributed by atoms with Gasteiger partial charge in [0.05, 0.1) is 6.04 Å². The molecule has 0 aliphatic rings. The van der Waals surface area contributed by atoms with Crippen LogP contribution in [0.2, 0.25) is 0 Å². The van der Waals surface area contributed by atoms with Crippen LogP contribution in [0.3, 0.4) is 0 Å². The normalized spacial score (nSPS) is 12.6. The molecule has 7 nitrogen and oxygen atoms in total. The van der Waals surface area contributed by atoms with Crippen molar-refractivity contribution in [1.82, 2.24) is 5.32 Å². The number of esters is 2. The highest BCUT2D eigenvalue weighted by atomic mass is 32.2. The Kier molecular flexibility index (Phi) is 47.3. The van der Waals surface area contributed by atoms with Crippen LogP contribution in [-0.2, 0) is 28.7 Å². The van der Waals surface area contributed by atoms with E-state index in [0.29, 0.717) is 30.8 Å². The van der Waals surface area contributed by atoms with Crippen LogP contribution in [-0.4, -0.2) is 53.9 Å². The van der Waals surface area contributed by atoms with Gasteiger partial charge in [-0.1, -0.05) is 273 Å². The summed E-state index contributed by atoms with van der Waals surface area (Å²) in [5, 5.41) is 3.06. The van der Waals surface area contributed by atoms with Crippen molar-refractivity contribution in [2.45, 2.75) is 323 Å². The lowest BCUT2D eigenvalue weighted by Crippen LogP contribution is -2.47. The second kappa shape index (κ2) is 48.5. The smallest absolute Gasteiger partial charge is 0.306 e. The number of rotatable bonds is 51. The third kappa shape index (κ3) is 44.9. The molecule has 0 heterocycles. The standard InChI is InChI=1S/C58H111NO6S/c1-7-10-13-16-19-22-25-28-31-34-37-40-43-46-54(60)59-53(57(63)58(4,5)6)51-66-50-52(65-56(62)48-45-42-39-36-33-30-27-24-21-18-15-12-9-3)49-64-55(61)47-44-41-38-35-32-29-26-23-20-17-14-11-8-2/h52-53H,7-51H2,1-6H3,(H,59,60)/t52-,53+/m1/s1. The second-order valence-corrected chi connectivity index (χ2v) is 22.1. The molecule has 0 saturated carbocycles. The van der Waals surface area contributed by atoms with Crippen molar-refractivity contribution in [2.24, 2.45) is 5.41 Å². The number of ketones is 1. The molecule has 0 radical (unpaired) electrons. The molecular formula is C58H111NO6S. The van der Waals surface area contributed by atoms with Crippen LogP contribution in [0.25, 0.3) is 0 Å². The molecule has 1 amide bonds.